The number of fused-ring (bicyclic) bond motifs is 1. The van der Waals surface area contributed by atoms with E-state index < -0.39 is 10.0 Å². The number of carbonyl (C=O) groups is 1. The molecule has 0 unspecified atom stereocenters. The molecule has 0 atom stereocenters. The summed E-state index contributed by atoms with van der Waals surface area (Å²) in [4.78, 5) is 16.6. The SMILES string of the molecule is CNS(=O)(=O)CCCC(=O)NC1CC2(C1)CC(c1nc3cc(Cl)ccc3o1)C2. The van der Waals surface area contributed by atoms with Crippen LogP contribution in [-0.4, -0.2) is 38.2 Å². The highest BCUT2D eigenvalue weighted by molar-refractivity contribution is 7.89. The fourth-order valence-electron chi connectivity index (χ4n) is 4.50. The molecule has 28 heavy (non-hydrogen) atoms. The predicted octanol–water partition coefficient (Wildman–Crippen LogP) is 2.95. The number of halogens is 1. The quantitative estimate of drug-likeness (QED) is 0.710. The Morgan fingerprint density at radius 3 is 2.79 bits per heavy atom. The van der Waals surface area contributed by atoms with E-state index in [1.807, 2.05) is 12.1 Å². The van der Waals surface area contributed by atoms with Gasteiger partial charge in [-0.2, -0.15) is 0 Å². The molecule has 2 N–H and O–H groups in total. The summed E-state index contributed by atoms with van der Waals surface area (Å²) in [6.45, 7) is 0. The maximum absolute atomic E-state index is 12.0. The van der Waals surface area contributed by atoms with Crippen LogP contribution in [0, 0.1) is 5.41 Å². The minimum atomic E-state index is -3.25. The first kappa shape index (κ1) is 19.7. The smallest absolute Gasteiger partial charge is 0.220 e. The van der Waals surface area contributed by atoms with Crippen LogP contribution < -0.4 is 10.0 Å². The van der Waals surface area contributed by atoms with E-state index in [4.69, 9.17) is 16.0 Å². The number of aromatic nitrogens is 1. The van der Waals surface area contributed by atoms with Gasteiger partial charge in [0.05, 0.1) is 5.75 Å². The third-order valence-electron chi connectivity index (χ3n) is 5.93. The highest BCUT2D eigenvalue weighted by Crippen LogP contribution is 2.61. The maximum Gasteiger partial charge on any atom is 0.220 e. The molecule has 1 aromatic heterocycles. The number of hydrogen-bond acceptors (Lipinski definition) is 5. The van der Waals surface area contributed by atoms with E-state index in [1.165, 1.54) is 7.05 Å². The van der Waals surface area contributed by atoms with E-state index in [1.54, 1.807) is 6.07 Å². The van der Waals surface area contributed by atoms with Gasteiger partial charge in [-0.25, -0.2) is 18.1 Å². The number of nitrogens with one attached hydrogen (secondary N) is 2. The van der Waals surface area contributed by atoms with Crippen molar-refractivity contribution in [3.8, 4) is 0 Å². The van der Waals surface area contributed by atoms with Crippen molar-refractivity contribution in [1.29, 1.82) is 0 Å². The Hall–Kier alpha value is -1.64. The molecule has 0 saturated heterocycles. The van der Waals surface area contributed by atoms with Gasteiger partial charge in [0, 0.05) is 23.4 Å². The summed E-state index contributed by atoms with van der Waals surface area (Å²) in [5.74, 6) is 1.01. The third kappa shape index (κ3) is 4.04. The average molecular weight is 426 g/mol. The lowest BCUT2D eigenvalue weighted by atomic mass is 9.50. The second-order valence-corrected chi connectivity index (χ2v) is 10.6. The van der Waals surface area contributed by atoms with E-state index >= 15 is 0 Å². The second-order valence-electron chi connectivity index (χ2n) is 8.07. The summed E-state index contributed by atoms with van der Waals surface area (Å²) in [6.07, 6.45) is 4.56. The Morgan fingerprint density at radius 2 is 2.07 bits per heavy atom. The van der Waals surface area contributed by atoms with Crippen LogP contribution in [0.3, 0.4) is 0 Å². The Bertz CT molecular complexity index is 990. The molecule has 1 aromatic carbocycles. The number of oxazole rings is 1. The molecule has 2 saturated carbocycles. The Balaban J connectivity index is 1.21. The Morgan fingerprint density at radius 1 is 1.32 bits per heavy atom. The van der Waals surface area contributed by atoms with Crippen molar-refractivity contribution in [2.45, 2.75) is 50.5 Å². The number of rotatable bonds is 7. The first-order valence-corrected chi connectivity index (χ1v) is 11.6. The number of amides is 1. The lowest BCUT2D eigenvalue weighted by molar-refractivity contribution is -0.125. The van der Waals surface area contributed by atoms with Gasteiger partial charge >= 0.3 is 0 Å². The van der Waals surface area contributed by atoms with Gasteiger partial charge in [-0.05, 0) is 62.8 Å². The zero-order chi connectivity index (χ0) is 19.9. The van der Waals surface area contributed by atoms with Crippen molar-refractivity contribution in [3.05, 3.63) is 29.1 Å². The highest BCUT2D eigenvalue weighted by Gasteiger charge is 2.54. The van der Waals surface area contributed by atoms with Gasteiger partial charge in [0.15, 0.2) is 11.5 Å². The van der Waals surface area contributed by atoms with E-state index in [9.17, 15) is 13.2 Å². The van der Waals surface area contributed by atoms with Crippen LogP contribution in [0.25, 0.3) is 11.1 Å². The van der Waals surface area contributed by atoms with Crippen molar-refractivity contribution in [3.63, 3.8) is 0 Å². The zero-order valence-corrected chi connectivity index (χ0v) is 17.3. The molecule has 0 aliphatic heterocycles. The standard InChI is InChI=1S/C19H24ClN3O4S/c1-21-28(25,26)6-2-3-17(24)22-14-10-19(11-14)8-12(9-19)18-23-15-7-13(20)4-5-16(15)27-18/h4-5,7,12,14,21H,2-3,6,8-11H2,1H3,(H,22,24). The number of hydrogen-bond donors (Lipinski definition) is 2. The van der Waals surface area contributed by atoms with Gasteiger partial charge in [-0.3, -0.25) is 4.79 Å². The van der Waals surface area contributed by atoms with Crippen molar-refractivity contribution >= 4 is 38.6 Å². The molecule has 0 radical (unpaired) electrons. The lowest BCUT2D eigenvalue weighted by Gasteiger charge is -2.57. The van der Waals surface area contributed by atoms with Crippen LogP contribution in [0.4, 0.5) is 0 Å². The maximum atomic E-state index is 12.0. The minimum absolute atomic E-state index is 0.0249. The number of sulfonamides is 1. The third-order valence-corrected chi connectivity index (χ3v) is 7.61. The molecule has 2 aliphatic carbocycles. The first-order chi connectivity index (χ1) is 13.3. The fraction of sp³-hybridized carbons (Fsp3) is 0.579. The predicted molar refractivity (Wildman–Crippen MR) is 107 cm³/mol. The van der Waals surface area contributed by atoms with Crippen LogP contribution >= 0.6 is 11.6 Å². The molecule has 152 valence electrons. The number of nitrogens with zero attached hydrogens (tertiary/aromatic N) is 1. The van der Waals surface area contributed by atoms with Crippen molar-refractivity contribution < 1.29 is 17.6 Å². The number of carbonyl (C=O) groups excluding carboxylic acids is 1. The fourth-order valence-corrected chi connectivity index (χ4v) is 5.39. The highest BCUT2D eigenvalue weighted by atomic mass is 35.5. The van der Waals surface area contributed by atoms with Crippen LogP contribution in [-0.2, 0) is 14.8 Å². The lowest BCUT2D eigenvalue weighted by Crippen LogP contribution is -2.55. The monoisotopic (exact) mass is 425 g/mol. The van der Waals surface area contributed by atoms with E-state index in [0.29, 0.717) is 17.4 Å². The van der Waals surface area contributed by atoms with Gasteiger partial charge in [-0.1, -0.05) is 11.6 Å². The molecular formula is C19H24ClN3O4S. The normalized spacial score (nSPS) is 26.8. The molecule has 0 bridgehead atoms. The summed E-state index contributed by atoms with van der Waals surface area (Å²) in [6, 6.07) is 5.65. The summed E-state index contributed by atoms with van der Waals surface area (Å²) in [5, 5.41) is 3.67. The van der Waals surface area contributed by atoms with E-state index in [-0.39, 0.29) is 29.5 Å². The molecule has 1 amide bonds. The molecular weight excluding hydrogens is 402 g/mol. The van der Waals surface area contributed by atoms with Gasteiger partial charge < -0.3 is 9.73 Å². The van der Waals surface area contributed by atoms with E-state index in [2.05, 4.69) is 15.0 Å². The van der Waals surface area contributed by atoms with Crippen LogP contribution in [0.1, 0.15) is 50.3 Å². The van der Waals surface area contributed by atoms with Crippen LogP contribution in [0.5, 0.6) is 0 Å². The molecule has 9 heteroatoms. The Kier molecular flexibility index (Phi) is 5.14. The summed E-state index contributed by atoms with van der Waals surface area (Å²) in [7, 11) is -1.87. The second kappa shape index (κ2) is 7.31. The largest absolute Gasteiger partial charge is 0.440 e. The molecule has 2 fully saturated rings. The molecule has 1 spiro atoms. The van der Waals surface area contributed by atoms with E-state index in [0.717, 1.165) is 42.7 Å². The van der Waals surface area contributed by atoms with Crippen LogP contribution in [0.15, 0.2) is 22.6 Å². The number of benzene rings is 1. The van der Waals surface area contributed by atoms with Gasteiger partial charge in [0.1, 0.15) is 5.52 Å². The molecule has 4 rings (SSSR count). The van der Waals surface area contributed by atoms with Crippen molar-refractivity contribution in [2.24, 2.45) is 5.41 Å². The summed E-state index contributed by atoms with van der Waals surface area (Å²) < 4.78 is 30.8. The summed E-state index contributed by atoms with van der Waals surface area (Å²) >= 11 is 6.00. The molecule has 2 aromatic rings. The average Bonchev–Trinajstić information content (AvgIpc) is 2.98. The van der Waals surface area contributed by atoms with Gasteiger partial charge in [-0.15, -0.1) is 0 Å². The Labute approximate surface area is 169 Å². The van der Waals surface area contributed by atoms with Crippen molar-refractivity contribution in [1.82, 2.24) is 15.0 Å². The first-order valence-electron chi connectivity index (χ1n) is 9.54. The van der Waals surface area contributed by atoms with Gasteiger partial charge in [0.2, 0.25) is 15.9 Å². The summed E-state index contributed by atoms with van der Waals surface area (Å²) in [5.41, 5.74) is 1.85. The topological polar surface area (TPSA) is 101 Å². The molecule has 2 aliphatic rings. The molecule has 1 heterocycles. The molecule has 7 nitrogen and oxygen atoms in total. The van der Waals surface area contributed by atoms with Crippen LogP contribution in [0.2, 0.25) is 5.02 Å². The zero-order valence-electron chi connectivity index (χ0n) is 15.7. The van der Waals surface area contributed by atoms with Crippen molar-refractivity contribution in [2.75, 3.05) is 12.8 Å². The minimum Gasteiger partial charge on any atom is -0.440 e. The van der Waals surface area contributed by atoms with Gasteiger partial charge in [0.25, 0.3) is 0 Å².